The highest BCUT2D eigenvalue weighted by atomic mass is 32.2. The Balaban J connectivity index is 2.44. The molecule has 0 aliphatic heterocycles. The molecule has 13 heavy (non-hydrogen) atoms. The minimum atomic E-state index is 0.145. The number of hydrogen-bond acceptors (Lipinski definition) is 3. The van der Waals surface area contributed by atoms with E-state index in [1.165, 1.54) is 21.8 Å². The SMILES string of the molecule is CC(=O)Sc1cc2ccccc2s1. The van der Waals surface area contributed by atoms with Gasteiger partial charge in [0.2, 0.25) is 0 Å². The van der Waals surface area contributed by atoms with E-state index in [1.807, 2.05) is 12.1 Å². The second kappa shape index (κ2) is 3.52. The van der Waals surface area contributed by atoms with E-state index in [1.54, 1.807) is 18.3 Å². The van der Waals surface area contributed by atoms with Gasteiger partial charge in [-0.1, -0.05) is 18.2 Å². The highest BCUT2D eigenvalue weighted by Gasteiger charge is 2.03. The zero-order chi connectivity index (χ0) is 9.26. The van der Waals surface area contributed by atoms with Gasteiger partial charge in [0.1, 0.15) is 0 Å². The maximum absolute atomic E-state index is 10.9. The van der Waals surface area contributed by atoms with E-state index in [0.29, 0.717) is 0 Å². The molecule has 2 rings (SSSR count). The molecule has 0 amide bonds. The van der Waals surface area contributed by atoms with Crippen molar-refractivity contribution in [1.82, 2.24) is 0 Å². The standard InChI is InChI=1S/C10H8OS2/c1-7(11)12-10-6-8-4-2-3-5-9(8)13-10/h2-6H,1H3. The smallest absolute Gasteiger partial charge is 0.191 e. The maximum Gasteiger partial charge on any atom is 0.191 e. The number of carbonyl (C=O) groups excluding carboxylic acids is 1. The van der Waals surface area contributed by atoms with Crippen LogP contribution in [0, 0.1) is 0 Å². The van der Waals surface area contributed by atoms with E-state index in [9.17, 15) is 4.79 Å². The highest BCUT2D eigenvalue weighted by Crippen LogP contribution is 2.32. The molecule has 0 aliphatic rings. The van der Waals surface area contributed by atoms with E-state index in [-0.39, 0.29) is 5.12 Å². The van der Waals surface area contributed by atoms with Gasteiger partial charge in [0.25, 0.3) is 0 Å². The maximum atomic E-state index is 10.9. The number of fused-ring (bicyclic) bond motifs is 1. The Morgan fingerprint density at radius 2 is 2.15 bits per heavy atom. The molecular weight excluding hydrogens is 200 g/mol. The second-order valence-electron chi connectivity index (χ2n) is 2.70. The average Bonchev–Trinajstić information content (AvgIpc) is 2.44. The first-order chi connectivity index (χ1) is 6.25. The van der Waals surface area contributed by atoms with Crippen LogP contribution in [-0.4, -0.2) is 5.12 Å². The lowest BCUT2D eigenvalue weighted by Crippen LogP contribution is -1.75. The number of benzene rings is 1. The van der Waals surface area contributed by atoms with E-state index in [2.05, 4.69) is 18.2 Å². The topological polar surface area (TPSA) is 17.1 Å². The lowest BCUT2D eigenvalue weighted by Gasteiger charge is -1.86. The van der Waals surface area contributed by atoms with Crippen molar-refractivity contribution in [2.45, 2.75) is 11.1 Å². The van der Waals surface area contributed by atoms with Crippen molar-refractivity contribution in [3.05, 3.63) is 30.3 Å². The molecule has 0 fully saturated rings. The van der Waals surface area contributed by atoms with Gasteiger partial charge < -0.3 is 0 Å². The van der Waals surface area contributed by atoms with Gasteiger partial charge in [0.05, 0.1) is 4.21 Å². The Labute approximate surface area is 84.8 Å². The summed E-state index contributed by atoms with van der Waals surface area (Å²) in [5, 5.41) is 1.36. The van der Waals surface area contributed by atoms with Crippen LogP contribution in [0.25, 0.3) is 10.1 Å². The molecule has 0 aliphatic carbocycles. The summed E-state index contributed by atoms with van der Waals surface area (Å²) in [5.41, 5.74) is 0. The lowest BCUT2D eigenvalue weighted by molar-refractivity contribution is -0.109. The van der Waals surface area contributed by atoms with Gasteiger partial charge in [-0.3, -0.25) is 4.79 Å². The predicted molar refractivity (Wildman–Crippen MR) is 58.4 cm³/mol. The van der Waals surface area contributed by atoms with Gasteiger partial charge in [-0.05, 0) is 29.3 Å². The van der Waals surface area contributed by atoms with Crippen LogP contribution in [0.5, 0.6) is 0 Å². The predicted octanol–water partition coefficient (Wildman–Crippen LogP) is 3.54. The van der Waals surface area contributed by atoms with Crippen LogP contribution in [0.4, 0.5) is 0 Å². The fraction of sp³-hybridized carbons (Fsp3) is 0.100. The first-order valence-electron chi connectivity index (χ1n) is 3.93. The zero-order valence-electron chi connectivity index (χ0n) is 7.11. The Morgan fingerprint density at radius 1 is 1.38 bits per heavy atom. The zero-order valence-corrected chi connectivity index (χ0v) is 8.74. The molecule has 0 spiro atoms. The average molecular weight is 208 g/mol. The number of thioether (sulfide) groups is 1. The van der Waals surface area contributed by atoms with Crippen molar-refractivity contribution >= 4 is 38.3 Å². The van der Waals surface area contributed by atoms with Crippen LogP contribution in [-0.2, 0) is 4.79 Å². The Bertz CT molecular complexity index is 412. The third-order valence-electron chi connectivity index (χ3n) is 1.65. The minimum absolute atomic E-state index is 0.145. The van der Waals surface area contributed by atoms with Crippen LogP contribution in [0.15, 0.2) is 34.5 Å². The first kappa shape index (κ1) is 8.78. The van der Waals surface area contributed by atoms with Crippen molar-refractivity contribution in [2.75, 3.05) is 0 Å². The Hall–Kier alpha value is -0.800. The third-order valence-corrected chi connectivity index (χ3v) is 3.66. The monoisotopic (exact) mass is 208 g/mol. The van der Waals surface area contributed by atoms with Crippen molar-refractivity contribution in [3.8, 4) is 0 Å². The summed E-state index contributed by atoms with van der Waals surface area (Å²) < 4.78 is 2.32. The minimum Gasteiger partial charge on any atom is -0.287 e. The molecule has 66 valence electrons. The normalized spacial score (nSPS) is 10.5. The summed E-state index contributed by atoms with van der Waals surface area (Å²) in [4.78, 5) is 10.9. The highest BCUT2D eigenvalue weighted by molar-refractivity contribution is 8.15. The molecule has 0 N–H and O–H groups in total. The van der Waals surface area contributed by atoms with Gasteiger partial charge >= 0.3 is 0 Å². The van der Waals surface area contributed by atoms with Gasteiger partial charge in [0.15, 0.2) is 5.12 Å². The summed E-state index contributed by atoms with van der Waals surface area (Å²) in [7, 11) is 0. The summed E-state index contributed by atoms with van der Waals surface area (Å²) in [5.74, 6) is 0. The quantitative estimate of drug-likeness (QED) is 0.667. The molecule has 0 unspecified atom stereocenters. The first-order valence-corrected chi connectivity index (χ1v) is 5.56. The van der Waals surface area contributed by atoms with Gasteiger partial charge in [0, 0.05) is 11.6 Å². The van der Waals surface area contributed by atoms with Crippen LogP contribution < -0.4 is 0 Å². The van der Waals surface area contributed by atoms with Crippen LogP contribution in [0.2, 0.25) is 0 Å². The summed E-state index contributed by atoms with van der Waals surface area (Å²) in [6.45, 7) is 1.59. The van der Waals surface area contributed by atoms with E-state index in [0.717, 1.165) is 4.21 Å². The molecule has 1 nitrogen and oxygen atoms in total. The molecule has 0 bridgehead atoms. The molecule has 1 aromatic carbocycles. The molecule has 0 saturated carbocycles. The fourth-order valence-corrected chi connectivity index (χ4v) is 3.20. The molecule has 1 heterocycles. The molecular formula is C10H8OS2. The van der Waals surface area contributed by atoms with Crippen molar-refractivity contribution in [2.24, 2.45) is 0 Å². The van der Waals surface area contributed by atoms with Crippen LogP contribution in [0.3, 0.4) is 0 Å². The van der Waals surface area contributed by atoms with E-state index < -0.39 is 0 Å². The number of rotatable bonds is 1. The molecule has 1 aromatic heterocycles. The third kappa shape index (κ3) is 1.92. The Kier molecular flexibility index (Phi) is 2.38. The van der Waals surface area contributed by atoms with Gasteiger partial charge in [-0.15, -0.1) is 11.3 Å². The molecule has 2 aromatic rings. The number of thiophene rings is 1. The van der Waals surface area contributed by atoms with Gasteiger partial charge in [-0.2, -0.15) is 0 Å². The van der Waals surface area contributed by atoms with E-state index >= 15 is 0 Å². The van der Waals surface area contributed by atoms with E-state index in [4.69, 9.17) is 0 Å². The largest absolute Gasteiger partial charge is 0.287 e. The van der Waals surface area contributed by atoms with Crippen LogP contribution in [0.1, 0.15) is 6.92 Å². The second-order valence-corrected chi connectivity index (χ2v) is 5.26. The number of carbonyl (C=O) groups is 1. The van der Waals surface area contributed by atoms with Crippen molar-refractivity contribution in [3.63, 3.8) is 0 Å². The number of hydrogen-bond donors (Lipinski definition) is 0. The molecule has 0 atom stereocenters. The fourth-order valence-electron chi connectivity index (χ4n) is 1.15. The lowest BCUT2D eigenvalue weighted by atomic mass is 10.3. The Morgan fingerprint density at radius 3 is 2.85 bits per heavy atom. The molecule has 3 heteroatoms. The molecule has 0 radical (unpaired) electrons. The summed E-state index contributed by atoms with van der Waals surface area (Å²) >= 11 is 2.97. The van der Waals surface area contributed by atoms with Crippen molar-refractivity contribution in [1.29, 1.82) is 0 Å². The summed E-state index contributed by atoms with van der Waals surface area (Å²) in [6.07, 6.45) is 0. The van der Waals surface area contributed by atoms with Crippen LogP contribution >= 0.6 is 23.1 Å². The van der Waals surface area contributed by atoms with Gasteiger partial charge in [-0.25, -0.2) is 0 Å². The van der Waals surface area contributed by atoms with Crippen molar-refractivity contribution < 1.29 is 4.79 Å². The summed E-state index contributed by atoms with van der Waals surface area (Å²) in [6, 6.07) is 10.2. The molecule has 0 saturated heterocycles.